The summed E-state index contributed by atoms with van der Waals surface area (Å²) in [6, 6.07) is 4.85. The van der Waals surface area contributed by atoms with Crippen molar-refractivity contribution in [1.82, 2.24) is 9.55 Å². The summed E-state index contributed by atoms with van der Waals surface area (Å²) in [4.78, 5) is 28.4. The fraction of sp³-hybridized carbons (Fsp3) is 0.188. The molecule has 0 bridgehead atoms. The number of pyridine rings is 1. The molecule has 0 saturated heterocycles. The average Bonchev–Trinajstić information content (AvgIpc) is 2.77. The zero-order valence-corrected chi connectivity index (χ0v) is 13.1. The average molecular weight is 317 g/mol. The summed E-state index contributed by atoms with van der Waals surface area (Å²) in [5.74, 6) is -0.610. The van der Waals surface area contributed by atoms with E-state index >= 15 is 0 Å². The molecule has 0 spiro atoms. The van der Waals surface area contributed by atoms with Gasteiger partial charge < -0.3 is 4.42 Å². The Morgan fingerprint density at radius 2 is 2.00 bits per heavy atom. The Labute approximate surface area is 131 Å². The highest BCUT2D eigenvalue weighted by molar-refractivity contribution is 6.30. The van der Waals surface area contributed by atoms with Crippen LogP contribution in [0.2, 0.25) is 5.15 Å². The van der Waals surface area contributed by atoms with Crippen molar-refractivity contribution in [2.24, 2.45) is 7.05 Å². The SMILES string of the molecule is Cc1cnc(Cl)cc1C(=O)c1ccc2oc(=O)n(C)c2c1C. The van der Waals surface area contributed by atoms with Crippen LogP contribution in [0.4, 0.5) is 0 Å². The molecule has 112 valence electrons. The van der Waals surface area contributed by atoms with Crippen LogP contribution in [0.3, 0.4) is 0 Å². The van der Waals surface area contributed by atoms with Gasteiger partial charge in [0.2, 0.25) is 0 Å². The predicted molar refractivity (Wildman–Crippen MR) is 83.6 cm³/mol. The smallest absolute Gasteiger partial charge is 0.408 e. The molecule has 0 amide bonds. The third kappa shape index (κ3) is 2.14. The fourth-order valence-corrected chi connectivity index (χ4v) is 2.72. The number of hydrogen-bond donors (Lipinski definition) is 0. The highest BCUT2D eigenvalue weighted by Crippen LogP contribution is 2.24. The van der Waals surface area contributed by atoms with Crippen molar-refractivity contribution in [1.29, 1.82) is 0 Å². The molecule has 0 radical (unpaired) electrons. The van der Waals surface area contributed by atoms with E-state index in [1.165, 1.54) is 4.57 Å². The number of rotatable bonds is 2. The summed E-state index contributed by atoms with van der Waals surface area (Å²) < 4.78 is 6.52. The van der Waals surface area contributed by atoms with Crippen molar-refractivity contribution in [3.63, 3.8) is 0 Å². The van der Waals surface area contributed by atoms with Gasteiger partial charge in [-0.3, -0.25) is 9.36 Å². The van der Waals surface area contributed by atoms with Crippen LogP contribution >= 0.6 is 11.6 Å². The van der Waals surface area contributed by atoms with Gasteiger partial charge >= 0.3 is 5.76 Å². The number of oxazole rings is 1. The maximum absolute atomic E-state index is 12.8. The minimum absolute atomic E-state index is 0.158. The summed E-state index contributed by atoms with van der Waals surface area (Å²) in [6.45, 7) is 3.60. The molecule has 5 nitrogen and oxygen atoms in total. The van der Waals surface area contributed by atoms with E-state index in [0.717, 1.165) is 5.56 Å². The summed E-state index contributed by atoms with van der Waals surface area (Å²) in [5, 5.41) is 0.267. The first kappa shape index (κ1) is 14.5. The van der Waals surface area contributed by atoms with Gasteiger partial charge in [0.15, 0.2) is 11.4 Å². The summed E-state index contributed by atoms with van der Waals surface area (Å²) in [5.41, 5.74) is 3.53. The standard InChI is InChI=1S/C16H13ClN2O3/c1-8-7-18-13(17)6-11(8)15(20)10-4-5-12-14(9(10)2)19(3)16(21)22-12/h4-7H,1-3H3. The van der Waals surface area contributed by atoms with Crippen LogP contribution in [0.15, 0.2) is 33.6 Å². The number of ketones is 1. The Balaban J connectivity index is 2.24. The zero-order valence-electron chi connectivity index (χ0n) is 12.3. The largest absolute Gasteiger partial charge is 0.419 e. The van der Waals surface area contributed by atoms with E-state index < -0.39 is 5.76 Å². The van der Waals surface area contributed by atoms with Crippen LogP contribution in [0, 0.1) is 13.8 Å². The molecule has 2 heterocycles. The molecule has 6 heteroatoms. The molecule has 22 heavy (non-hydrogen) atoms. The van der Waals surface area contributed by atoms with Crippen molar-refractivity contribution in [2.45, 2.75) is 13.8 Å². The van der Waals surface area contributed by atoms with Gasteiger partial charge in [0, 0.05) is 24.4 Å². The molecule has 0 aliphatic heterocycles. The molecule has 2 aromatic heterocycles. The third-order valence-electron chi connectivity index (χ3n) is 3.76. The maximum Gasteiger partial charge on any atom is 0.419 e. The monoisotopic (exact) mass is 316 g/mol. The second kappa shape index (κ2) is 5.10. The Bertz CT molecular complexity index is 969. The first-order valence-electron chi connectivity index (χ1n) is 6.66. The van der Waals surface area contributed by atoms with E-state index in [4.69, 9.17) is 16.0 Å². The van der Waals surface area contributed by atoms with E-state index in [0.29, 0.717) is 27.8 Å². The van der Waals surface area contributed by atoms with Crippen LogP contribution in [0.25, 0.3) is 11.1 Å². The van der Waals surface area contributed by atoms with Crippen molar-refractivity contribution >= 4 is 28.5 Å². The Hall–Kier alpha value is -2.40. The Morgan fingerprint density at radius 1 is 1.27 bits per heavy atom. The number of aryl methyl sites for hydroxylation is 3. The molecule has 0 unspecified atom stereocenters. The van der Waals surface area contributed by atoms with E-state index in [9.17, 15) is 9.59 Å². The number of benzene rings is 1. The first-order chi connectivity index (χ1) is 10.4. The van der Waals surface area contributed by atoms with Gasteiger partial charge in [-0.2, -0.15) is 0 Å². The van der Waals surface area contributed by atoms with Gasteiger partial charge in [0.25, 0.3) is 0 Å². The van der Waals surface area contributed by atoms with Crippen LogP contribution < -0.4 is 5.76 Å². The number of nitrogens with zero attached hydrogens (tertiary/aromatic N) is 2. The fourth-order valence-electron chi connectivity index (χ4n) is 2.56. The van der Waals surface area contributed by atoms with Crippen molar-refractivity contribution in [3.05, 3.63) is 62.4 Å². The molecular formula is C16H13ClN2O3. The minimum atomic E-state index is -0.453. The Kier molecular flexibility index (Phi) is 3.37. The molecule has 3 rings (SSSR count). The first-order valence-corrected chi connectivity index (χ1v) is 7.04. The molecular weight excluding hydrogens is 304 g/mol. The van der Waals surface area contributed by atoms with Gasteiger partial charge in [-0.05, 0) is 43.2 Å². The minimum Gasteiger partial charge on any atom is -0.408 e. The maximum atomic E-state index is 12.8. The number of carbonyl (C=O) groups excluding carboxylic acids is 1. The van der Waals surface area contributed by atoms with Crippen LogP contribution in [-0.4, -0.2) is 15.3 Å². The quantitative estimate of drug-likeness (QED) is 0.538. The lowest BCUT2D eigenvalue weighted by Gasteiger charge is -2.09. The molecule has 3 aromatic rings. The Morgan fingerprint density at radius 3 is 2.73 bits per heavy atom. The molecule has 0 N–H and O–H groups in total. The number of fused-ring (bicyclic) bond motifs is 1. The number of hydrogen-bond acceptors (Lipinski definition) is 4. The van der Waals surface area contributed by atoms with Crippen LogP contribution in [0.5, 0.6) is 0 Å². The molecule has 0 atom stereocenters. The lowest BCUT2D eigenvalue weighted by Crippen LogP contribution is -2.11. The lowest BCUT2D eigenvalue weighted by molar-refractivity contribution is 0.103. The van der Waals surface area contributed by atoms with Gasteiger partial charge in [0.05, 0.1) is 5.52 Å². The summed E-state index contributed by atoms with van der Waals surface area (Å²) in [7, 11) is 1.62. The normalized spacial score (nSPS) is 11.1. The van der Waals surface area contributed by atoms with Gasteiger partial charge in [-0.25, -0.2) is 9.78 Å². The van der Waals surface area contributed by atoms with Crippen LogP contribution in [0.1, 0.15) is 27.0 Å². The highest BCUT2D eigenvalue weighted by Gasteiger charge is 2.19. The summed E-state index contributed by atoms with van der Waals surface area (Å²) >= 11 is 5.89. The van der Waals surface area contributed by atoms with E-state index in [1.807, 2.05) is 0 Å². The van der Waals surface area contributed by atoms with Gasteiger partial charge in [0.1, 0.15) is 5.15 Å². The molecule has 0 fully saturated rings. The molecule has 1 aromatic carbocycles. The van der Waals surface area contributed by atoms with Crippen molar-refractivity contribution in [3.8, 4) is 0 Å². The number of halogens is 1. The third-order valence-corrected chi connectivity index (χ3v) is 3.97. The second-order valence-electron chi connectivity index (χ2n) is 5.16. The molecule has 0 aliphatic rings. The number of carbonyl (C=O) groups is 1. The molecule has 0 saturated carbocycles. The van der Waals surface area contributed by atoms with Gasteiger partial charge in [-0.1, -0.05) is 11.6 Å². The lowest BCUT2D eigenvalue weighted by atomic mass is 9.96. The van der Waals surface area contributed by atoms with Crippen LogP contribution in [-0.2, 0) is 7.05 Å². The predicted octanol–water partition coefficient (Wildman–Crippen LogP) is 3.03. The highest BCUT2D eigenvalue weighted by atomic mass is 35.5. The van der Waals surface area contributed by atoms with E-state index in [2.05, 4.69) is 4.98 Å². The van der Waals surface area contributed by atoms with E-state index in [-0.39, 0.29) is 10.9 Å². The zero-order chi connectivity index (χ0) is 16.0. The van der Waals surface area contributed by atoms with E-state index in [1.54, 1.807) is 45.3 Å². The second-order valence-corrected chi connectivity index (χ2v) is 5.55. The molecule has 0 aliphatic carbocycles. The van der Waals surface area contributed by atoms with Gasteiger partial charge in [-0.15, -0.1) is 0 Å². The summed E-state index contributed by atoms with van der Waals surface area (Å²) in [6.07, 6.45) is 1.57. The number of aromatic nitrogens is 2. The van der Waals surface area contributed by atoms with Crippen molar-refractivity contribution < 1.29 is 9.21 Å². The van der Waals surface area contributed by atoms with Crippen molar-refractivity contribution in [2.75, 3.05) is 0 Å². The topological polar surface area (TPSA) is 65.1 Å².